The van der Waals surface area contributed by atoms with Gasteiger partial charge in [0.2, 0.25) is 5.75 Å². The number of nitro groups is 2. The third-order valence-electron chi connectivity index (χ3n) is 3.83. The summed E-state index contributed by atoms with van der Waals surface area (Å²) in [7, 11) is 0. The number of rotatable bonds is 7. The third kappa shape index (κ3) is 5.00. The van der Waals surface area contributed by atoms with Crippen LogP contribution in [0.4, 0.5) is 11.4 Å². The maximum absolute atomic E-state index is 11.8. The van der Waals surface area contributed by atoms with Crippen molar-refractivity contribution < 1.29 is 24.1 Å². The first kappa shape index (κ1) is 22.2. The van der Waals surface area contributed by atoms with Crippen molar-refractivity contribution in [3.05, 3.63) is 65.5 Å². The minimum absolute atomic E-state index is 0.127. The zero-order valence-electron chi connectivity index (χ0n) is 15.7. The van der Waals surface area contributed by atoms with E-state index in [1.54, 1.807) is 25.1 Å². The molecule has 1 aliphatic rings. The first-order valence-electron chi connectivity index (χ1n) is 8.54. The number of non-ortho nitro benzene ring substituents is 1. The van der Waals surface area contributed by atoms with E-state index in [-0.39, 0.29) is 29.0 Å². The van der Waals surface area contributed by atoms with Gasteiger partial charge in [0.25, 0.3) is 11.6 Å². The number of amides is 1. The highest BCUT2D eigenvalue weighted by molar-refractivity contribution is 9.10. The number of nitrogens with zero attached hydrogens (tertiary/aromatic N) is 3. The van der Waals surface area contributed by atoms with Crippen LogP contribution in [0.3, 0.4) is 0 Å². The van der Waals surface area contributed by atoms with E-state index in [2.05, 4.69) is 20.9 Å². The maximum Gasteiger partial charge on any atom is 0.318 e. The van der Waals surface area contributed by atoms with Gasteiger partial charge in [-0.25, -0.2) is 0 Å². The molecule has 0 aliphatic carbocycles. The zero-order chi connectivity index (χ0) is 22.7. The SMILES string of the molecule is CCOc1cc(/C=C2\SC(N)=NC2=O)cc(Br)c1Oc1ccc([N+](=O)[O-])cc1[N+](=O)[O-]. The number of thioether (sulfide) groups is 1. The molecule has 0 aromatic heterocycles. The van der Waals surface area contributed by atoms with E-state index in [0.717, 1.165) is 30.0 Å². The second-order valence-electron chi connectivity index (χ2n) is 5.90. The monoisotopic (exact) mass is 508 g/mol. The average Bonchev–Trinajstić information content (AvgIpc) is 3.01. The Kier molecular flexibility index (Phi) is 6.56. The lowest BCUT2D eigenvalue weighted by Crippen LogP contribution is -2.01. The first-order chi connectivity index (χ1) is 14.7. The van der Waals surface area contributed by atoms with Crippen LogP contribution in [0, 0.1) is 20.2 Å². The van der Waals surface area contributed by atoms with Crippen LogP contribution in [0.2, 0.25) is 0 Å². The van der Waals surface area contributed by atoms with Crippen molar-refractivity contribution in [1.82, 2.24) is 0 Å². The summed E-state index contributed by atoms with van der Waals surface area (Å²) in [5.74, 6) is -0.299. The van der Waals surface area contributed by atoms with Gasteiger partial charge in [0.1, 0.15) is 0 Å². The van der Waals surface area contributed by atoms with Gasteiger partial charge in [-0.3, -0.25) is 25.0 Å². The van der Waals surface area contributed by atoms with E-state index in [9.17, 15) is 25.0 Å². The molecule has 2 N–H and O–H groups in total. The normalized spacial score (nSPS) is 14.5. The van der Waals surface area contributed by atoms with Crippen LogP contribution in [0.25, 0.3) is 6.08 Å². The number of amidine groups is 1. The second-order valence-corrected chi connectivity index (χ2v) is 7.81. The minimum atomic E-state index is -0.775. The molecule has 0 spiro atoms. The fraction of sp³-hybridized carbons (Fsp3) is 0.111. The Hall–Kier alpha value is -3.45. The van der Waals surface area contributed by atoms with Crippen molar-refractivity contribution in [3.63, 3.8) is 0 Å². The number of nitrogens with two attached hydrogens (primary N) is 1. The van der Waals surface area contributed by atoms with E-state index in [0.29, 0.717) is 14.9 Å². The summed E-state index contributed by atoms with van der Waals surface area (Å²) in [4.78, 5) is 36.6. The van der Waals surface area contributed by atoms with Gasteiger partial charge in [0, 0.05) is 6.07 Å². The van der Waals surface area contributed by atoms with Crippen LogP contribution >= 0.6 is 27.7 Å². The Morgan fingerprint density at radius 3 is 2.52 bits per heavy atom. The second kappa shape index (κ2) is 9.14. The number of carbonyl (C=O) groups excluding carboxylic acids is 1. The number of hydrogen-bond acceptors (Lipinski definition) is 9. The molecule has 1 aliphatic heterocycles. The van der Waals surface area contributed by atoms with Crippen LogP contribution in [0.1, 0.15) is 12.5 Å². The number of benzene rings is 2. The van der Waals surface area contributed by atoms with Gasteiger partial charge in [0.05, 0.1) is 31.9 Å². The molecule has 2 aromatic carbocycles. The number of aliphatic imine (C=N–C) groups is 1. The summed E-state index contributed by atoms with van der Waals surface area (Å²) >= 11 is 4.37. The molecule has 0 bridgehead atoms. The van der Waals surface area contributed by atoms with Gasteiger partial charge in [-0.1, -0.05) is 0 Å². The molecule has 0 saturated carbocycles. The fourth-order valence-corrected chi connectivity index (χ4v) is 3.79. The Morgan fingerprint density at radius 1 is 1.19 bits per heavy atom. The van der Waals surface area contributed by atoms with Crippen LogP contribution in [-0.4, -0.2) is 27.5 Å². The number of carbonyl (C=O) groups is 1. The smallest absolute Gasteiger partial charge is 0.318 e. The van der Waals surface area contributed by atoms with Crippen molar-refractivity contribution in [2.75, 3.05) is 6.61 Å². The van der Waals surface area contributed by atoms with Crippen molar-refractivity contribution in [2.45, 2.75) is 6.92 Å². The molecule has 160 valence electrons. The summed E-state index contributed by atoms with van der Waals surface area (Å²) in [5.41, 5.74) is 5.11. The highest BCUT2D eigenvalue weighted by atomic mass is 79.9. The molecular formula is C18H13BrN4O7S. The molecule has 0 atom stereocenters. The summed E-state index contributed by atoms with van der Waals surface area (Å²) in [6.07, 6.45) is 1.57. The molecule has 0 radical (unpaired) electrons. The van der Waals surface area contributed by atoms with Crippen molar-refractivity contribution in [3.8, 4) is 17.2 Å². The molecule has 31 heavy (non-hydrogen) atoms. The standard InChI is InChI=1S/C18H13BrN4O7S/c1-2-29-14-6-9(7-15-17(24)21-18(20)31-15)5-11(19)16(14)30-13-4-3-10(22(25)26)8-12(13)23(27)28/h3-8H,2H2,1H3,(H2,20,21,24)/b15-7-. The number of hydrogen-bond donors (Lipinski definition) is 1. The third-order valence-corrected chi connectivity index (χ3v) is 5.23. The predicted octanol–water partition coefficient (Wildman–Crippen LogP) is 4.39. The molecule has 11 nitrogen and oxygen atoms in total. The molecule has 1 amide bonds. The summed E-state index contributed by atoms with van der Waals surface area (Å²) in [5, 5.41) is 22.5. The lowest BCUT2D eigenvalue weighted by molar-refractivity contribution is -0.394. The summed E-state index contributed by atoms with van der Waals surface area (Å²) < 4.78 is 11.7. The Morgan fingerprint density at radius 2 is 1.94 bits per heavy atom. The first-order valence-corrected chi connectivity index (χ1v) is 10.2. The quantitative estimate of drug-likeness (QED) is 0.324. The molecule has 0 fully saturated rings. The number of halogens is 1. The average molecular weight is 509 g/mol. The van der Waals surface area contributed by atoms with Crippen LogP contribution in [-0.2, 0) is 4.79 Å². The molecular weight excluding hydrogens is 496 g/mol. The molecule has 0 saturated heterocycles. The van der Waals surface area contributed by atoms with Crippen molar-refractivity contribution in [1.29, 1.82) is 0 Å². The van der Waals surface area contributed by atoms with Crippen molar-refractivity contribution in [2.24, 2.45) is 10.7 Å². The Bertz CT molecular complexity index is 1170. The van der Waals surface area contributed by atoms with E-state index >= 15 is 0 Å². The van der Waals surface area contributed by atoms with Crippen LogP contribution in [0.5, 0.6) is 17.2 Å². The van der Waals surface area contributed by atoms with Crippen LogP contribution in [0.15, 0.2) is 44.7 Å². The van der Waals surface area contributed by atoms with Gasteiger partial charge in [-0.15, -0.1) is 0 Å². The van der Waals surface area contributed by atoms with Gasteiger partial charge in [-0.2, -0.15) is 4.99 Å². The maximum atomic E-state index is 11.8. The molecule has 0 unspecified atom stereocenters. The molecule has 13 heteroatoms. The van der Waals surface area contributed by atoms with E-state index in [1.807, 2.05) is 0 Å². The number of ether oxygens (including phenoxy) is 2. The zero-order valence-corrected chi connectivity index (χ0v) is 18.1. The molecule has 1 heterocycles. The van der Waals surface area contributed by atoms with Gasteiger partial charge >= 0.3 is 5.69 Å². The fourth-order valence-electron chi connectivity index (χ4n) is 2.57. The lowest BCUT2D eigenvalue weighted by Gasteiger charge is -2.14. The van der Waals surface area contributed by atoms with E-state index in [4.69, 9.17) is 15.2 Å². The molecule has 2 aromatic rings. The van der Waals surface area contributed by atoms with E-state index in [1.165, 1.54) is 0 Å². The largest absolute Gasteiger partial charge is 0.490 e. The topological polar surface area (TPSA) is 160 Å². The summed E-state index contributed by atoms with van der Waals surface area (Å²) in [6.45, 7) is 2.00. The lowest BCUT2D eigenvalue weighted by atomic mass is 10.1. The van der Waals surface area contributed by atoms with E-state index < -0.39 is 27.1 Å². The highest BCUT2D eigenvalue weighted by Crippen LogP contribution is 2.43. The van der Waals surface area contributed by atoms with Crippen molar-refractivity contribution >= 4 is 56.2 Å². The van der Waals surface area contributed by atoms with Gasteiger partial charge in [-0.05, 0) is 64.5 Å². The molecule has 3 rings (SSSR count). The van der Waals surface area contributed by atoms with Gasteiger partial charge < -0.3 is 15.2 Å². The van der Waals surface area contributed by atoms with Crippen LogP contribution < -0.4 is 15.2 Å². The summed E-state index contributed by atoms with van der Waals surface area (Å²) in [6, 6.07) is 6.25. The van der Waals surface area contributed by atoms with Gasteiger partial charge in [0.15, 0.2) is 16.7 Å². The minimum Gasteiger partial charge on any atom is -0.490 e. The highest BCUT2D eigenvalue weighted by Gasteiger charge is 2.24. The number of nitro benzene ring substituents is 2. The predicted molar refractivity (Wildman–Crippen MR) is 117 cm³/mol. The Balaban J connectivity index is 2.02. The Labute approximate surface area is 187 Å².